The van der Waals surface area contributed by atoms with Crippen LogP contribution in [0.15, 0.2) is 16.6 Å². The molecule has 0 aliphatic carbocycles. The predicted octanol–water partition coefficient (Wildman–Crippen LogP) is 2.20. The molecule has 1 aromatic carbocycles. The Morgan fingerprint density at radius 2 is 2.11 bits per heavy atom. The molecule has 0 aromatic heterocycles. The number of urea groups is 1. The van der Waals surface area contributed by atoms with Gasteiger partial charge in [0.1, 0.15) is 0 Å². The molecule has 6 heteroatoms. The molecule has 98 valence electrons. The van der Waals surface area contributed by atoms with Gasteiger partial charge < -0.3 is 20.7 Å². The second kappa shape index (κ2) is 5.58. The number of aryl methyl sites for hydroxylation is 1. The summed E-state index contributed by atoms with van der Waals surface area (Å²) in [6, 6.07) is 3.53. The zero-order chi connectivity index (χ0) is 13.1. The molecule has 5 nitrogen and oxygen atoms in total. The van der Waals surface area contributed by atoms with Crippen molar-refractivity contribution in [2.45, 2.75) is 6.92 Å². The number of benzene rings is 1. The van der Waals surface area contributed by atoms with Crippen LogP contribution in [0.2, 0.25) is 0 Å². The first-order valence-corrected chi connectivity index (χ1v) is 6.56. The average molecular weight is 314 g/mol. The monoisotopic (exact) mass is 313 g/mol. The molecule has 1 aliphatic heterocycles. The Balaban J connectivity index is 2.08. The lowest BCUT2D eigenvalue weighted by Crippen LogP contribution is -2.43. The smallest absolute Gasteiger partial charge is 0.322 e. The van der Waals surface area contributed by atoms with E-state index in [1.54, 1.807) is 11.0 Å². The molecule has 0 unspecified atom stereocenters. The van der Waals surface area contributed by atoms with Crippen molar-refractivity contribution in [1.82, 2.24) is 4.90 Å². The van der Waals surface area contributed by atoms with Gasteiger partial charge in [-0.1, -0.05) is 0 Å². The van der Waals surface area contributed by atoms with Gasteiger partial charge in [0.15, 0.2) is 0 Å². The summed E-state index contributed by atoms with van der Waals surface area (Å²) in [6.07, 6.45) is 0. The summed E-state index contributed by atoms with van der Waals surface area (Å²) in [6.45, 7) is 4.33. The van der Waals surface area contributed by atoms with Crippen LogP contribution < -0.4 is 11.1 Å². The third kappa shape index (κ3) is 2.94. The lowest BCUT2D eigenvalue weighted by atomic mass is 10.2. The minimum absolute atomic E-state index is 0.123. The van der Waals surface area contributed by atoms with Crippen molar-refractivity contribution in [3.05, 3.63) is 22.2 Å². The van der Waals surface area contributed by atoms with Gasteiger partial charge in [0.25, 0.3) is 0 Å². The maximum absolute atomic E-state index is 12.0. The molecule has 0 spiro atoms. The van der Waals surface area contributed by atoms with Crippen molar-refractivity contribution >= 4 is 33.3 Å². The SMILES string of the molecule is Cc1cc(Br)c(NC(=O)N2CCOCC2)cc1N. The highest BCUT2D eigenvalue weighted by Gasteiger charge is 2.17. The Hall–Kier alpha value is -1.27. The second-order valence-electron chi connectivity index (χ2n) is 4.22. The fourth-order valence-corrected chi connectivity index (χ4v) is 2.30. The number of amides is 2. The molecule has 1 aliphatic rings. The van der Waals surface area contributed by atoms with Crippen LogP contribution >= 0.6 is 15.9 Å². The van der Waals surface area contributed by atoms with Gasteiger partial charge in [-0.05, 0) is 40.5 Å². The standard InChI is InChI=1S/C12H16BrN3O2/c1-8-6-9(13)11(7-10(8)14)15-12(17)16-2-4-18-5-3-16/h6-7H,2-5,14H2,1H3,(H,15,17). The molecule has 0 bridgehead atoms. The van der Waals surface area contributed by atoms with E-state index >= 15 is 0 Å². The predicted molar refractivity (Wildman–Crippen MR) is 74.7 cm³/mol. The summed E-state index contributed by atoms with van der Waals surface area (Å²) in [5.74, 6) is 0. The largest absolute Gasteiger partial charge is 0.398 e. The van der Waals surface area contributed by atoms with Crippen molar-refractivity contribution in [2.24, 2.45) is 0 Å². The van der Waals surface area contributed by atoms with Crippen molar-refractivity contribution < 1.29 is 9.53 Å². The number of nitrogens with two attached hydrogens (primary N) is 1. The fraction of sp³-hybridized carbons (Fsp3) is 0.417. The fourth-order valence-electron chi connectivity index (χ4n) is 1.75. The van der Waals surface area contributed by atoms with Crippen molar-refractivity contribution in [1.29, 1.82) is 0 Å². The van der Waals surface area contributed by atoms with Gasteiger partial charge in [-0.3, -0.25) is 0 Å². The number of hydrogen-bond acceptors (Lipinski definition) is 3. The van der Waals surface area contributed by atoms with Crippen LogP contribution in [0.5, 0.6) is 0 Å². The van der Waals surface area contributed by atoms with Crippen LogP contribution in [0.3, 0.4) is 0 Å². The van der Waals surface area contributed by atoms with E-state index in [9.17, 15) is 4.79 Å². The number of morpholine rings is 1. The molecular formula is C12H16BrN3O2. The maximum atomic E-state index is 12.0. The highest BCUT2D eigenvalue weighted by Crippen LogP contribution is 2.28. The third-order valence-electron chi connectivity index (χ3n) is 2.90. The number of carbonyl (C=O) groups excluding carboxylic acids is 1. The first kappa shape index (κ1) is 13.2. The molecular weight excluding hydrogens is 298 g/mol. The molecule has 0 atom stereocenters. The molecule has 18 heavy (non-hydrogen) atoms. The Morgan fingerprint density at radius 3 is 2.78 bits per heavy atom. The van der Waals surface area contributed by atoms with Gasteiger partial charge >= 0.3 is 6.03 Å². The first-order valence-electron chi connectivity index (χ1n) is 5.77. The third-order valence-corrected chi connectivity index (χ3v) is 3.55. The van der Waals surface area contributed by atoms with Gasteiger partial charge in [-0.15, -0.1) is 0 Å². The average Bonchev–Trinajstić information content (AvgIpc) is 2.37. The molecule has 1 saturated heterocycles. The van der Waals surface area contributed by atoms with Gasteiger partial charge in [0.2, 0.25) is 0 Å². The number of hydrogen-bond donors (Lipinski definition) is 2. The van der Waals surface area contributed by atoms with Crippen LogP contribution in [0.4, 0.5) is 16.2 Å². The maximum Gasteiger partial charge on any atom is 0.322 e. The lowest BCUT2D eigenvalue weighted by molar-refractivity contribution is 0.0564. The van der Waals surface area contributed by atoms with E-state index in [4.69, 9.17) is 10.5 Å². The molecule has 0 radical (unpaired) electrons. The van der Waals surface area contributed by atoms with Crippen molar-refractivity contribution in [3.8, 4) is 0 Å². The molecule has 0 saturated carbocycles. The molecule has 1 heterocycles. The minimum atomic E-state index is -0.123. The van der Waals surface area contributed by atoms with Gasteiger partial charge in [0.05, 0.1) is 18.9 Å². The Labute approximate surface area is 114 Å². The highest BCUT2D eigenvalue weighted by molar-refractivity contribution is 9.10. The number of rotatable bonds is 1. The normalized spacial score (nSPS) is 15.6. The van der Waals surface area contributed by atoms with Crippen LogP contribution in [0, 0.1) is 6.92 Å². The number of halogens is 1. The number of anilines is 2. The van der Waals surface area contributed by atoms with Gasteiger partial charge in [-0.2, -0.15) is 0 Å². The number of ether oxygens (including phenoxy) is 1. The van der Waals surface area contributed by atoms with E-state index in [2.05, 4.69) is 21.2 Å². The van der Waals surface area contributed by atoms with E-state index in [0.29, 0.717) is 37.7 Å². The lowest BCUT2D eigenvalue weighted by Gasteiger charge is -2.27. The summed E-state index contributed by atoms with van der Waals surface area (Å²) in [5.41, 5.74) is 8.17. The van der Waals surface area contributed by atoms with Gasteiger partial charge in [0, 0.05) is 23.2 Å². The summed E-state index contributed by atoms with van der Waals surface area (Å²) in [4.78, 5) is 13.7. The van der Waals surface area contributed by atoms with Crippen molar-refractivity contribution in [2.75, 3.05) is 37.4 Å². The highest BCUT2D eigenvalue weighted by atomic mass is 79.9. The molecule has 3 N–H and O–H groups in total. The number of nitrogens with zero attached hydrogens (tertiary/aromatic N) is 1. The molecule has 2 amide bonds. The Bertz CT molecular complexity index is 459. The number of nitrogen functional groups attached to an aromatic ring is 1. The quantitative estimate of drug-likeness (QED) is 0.781. The zero-order valence-electron chi connectivity index (χ0n) is 10.2. The minimum Gasteiger partial charge on any atom is -0.398 e. The van der Waals surface area contributed by atoms with Crippen molar-refractivity contribution in [3.63, 3.8) is 0 Å². The van der Waals surface area contributed by atoms with Crippen LogP contribution in [0.25, 0.3) is 0 Å². The van der Waals surface area contributed by atoms with E-state index in [-0.39, 0.29) is 6.03 Å². The molecule has 2 rings (SSSR count). The van der Waals surface area contributed by atoms with Gasteiger partial charge in [-0.25, -0.2) is 4.79 Å². The summed E-state index contributed by atoms with van der Waals surface area (Å²) < 4.78 is 6.04. The summed E-state index contributed by atoms with van der Waals surface area (Å²) in [5, 5.41) is 2.85. The van der Waals surface area contributed by atoms with E-state index in [1.807, 2.05) is 13.0 Å². The van der Waals surface area contributed by atoms with E-state index < -0.39 is 0 Å². The molecule has 1 aromatic rings. The van der Waals surface area contributed by atoms with E-state index in [1.165, 1.54) is 0 Å². The number of nitrogens with one attached hydrogen (secondary N) is 1. The van der Waals surface area contributed by atoms with Crippen LogP contribution in [-0.2, 0) is 4.74 Å². The van der Waals surface area contributed by atoms with Crippen LogP contribution in [0.1, 0.15) is 5.56 Å². The Morgan fingerprint density at radius 1 is 1.44 bits per heavy atom. The topological polar surface area (TPSA) is 67.6 Å². The second-order valence-corrected chi connectivity index (χ2v) is 5.07. The summed E-state index contributed by atoms with van der Waals surface area (Å²) >= 11 is 3.42. The number of carbonyl (C=O) groups is 1. The zero-order valence-corrected chi connectivity index (χ0v) is 11.8. The Kier molecular flexibility index (Phi) is 4.08. The van der Waals surface area contributed by atoms with Crippen LogP contribution in [-0.4, -0.2) is 37.2 Å². The summed E-state index contributed by atoms with van der Waals surface area (Å²) in [7, 11) is 0. The first-order chi connectivity index (χ1) is 8.58. The van der Waals surface area contributed by atoms with E-state index in [0.717, 1.165) is 10.0 Å². The molecule has 1 fully saturated rings.